The van der Waals surface area contributed by atoms with E-state index in [-0.39, 0.29) is 8.76 Å². The minimum Gasteiger partial charge on any atom is -0.457 e. The summed E-state index contributed by atoms with van der Waals surface area (Å²) in [6, 6.07) is 15.8. The Kier molecular flexibility index (Phi) is 8.85. The summed E-state index contributed by atoms with van der Waals surface area (Å²) in [5, 5.41) is 6.48. The lowest BCUT2D eigenvalue weighted by Crippen LogP contribution is -2.46. The molecule has 4 aromatic rings. The van der Waals surface area contributed by atoms with Crippen LogP contribution in [0, 0.1) is 0 Å². The first kappa shape index (κ1) is 28.6. The number of amides is 1. The number of ether oxygens (including phenoxy) is 1. The molecule has 9 nitrogen and oxygen atoms in total. The fraction of sp³-hybridized carbons (Fsp3) is 0.406. The lowest BCUT2D eigenvalue weighted by molar-refractivity contribution is 0.0935. The Labute approximate surface area is 245 Å². The second-order valence-corrected chi connectivity index (χ2v) is 11.1. The molecule has 1 aliphatic rings. The van der Waals surface area contributed by atoms with Gasteiger partial charge in [-0.3, -0.25) is 14.7 Å². The van der Waals surface area contributed by atoms with Crippen LogP contribution < -0.4 is 15.4 Å². The molecule has 2 N–H and O–H groups in total. The van der Waals surface area contributed by atoms with E-state index in [2.05, 4.69) is 71.4 Å². The minimum absolute atomic E-state index is 0. The maximum absolute atomic E-state index is 12.7. The predicted molar refractivity (Wildman–Crippen MR) is 169 cm³/mol. The van der Waals surface area contributed by atoms with Gasteiger partial charge in [-0.1, -0.05) is 26.8 Å². The van der Waals surface area contributed by atoms with Gasteiger partial charge >= 0.3 is 0 Å². The number of rotatable bonds is 10. The molecule has 0 saturated carbocycles. The molecule has 0 bridgehead atoms. The molecule has 0 spiro atoms. The highest BCUT2D eigenvalue weighted by molar-refractivity contribution is 5.92. The highest BCUT2D eigenvalue weighted by Gasteiger charge is 2.15. The molecule has 3 heterocycles. The number of carbonyl (C=O) groups is 1. The summed E-state index contributed by atoms with van der Waals surface area (Å²) in [5.41, 5.74) is 5.89. The van der Waals surface area contributed by atoms with Gasteiger partial charge in [0.05, 0.1) is 11.0 Å². The van der Waals surface area contributed by atoms with Gasteiger partial charge in [0.25, 0.3) is 5.91 Å². The van der Waals surface area contributed by atoms with E-state index in [0.29, 0.717) is 29.7 Å². The van der Waals surface area contributed by atoms with Crippen LogP contribution in [-0.4, -0.2) is 76.6 Å². The Balaban J connectivity index is 0.00000253. The number of fused-ring (bicyclic) bond motifs is 1. The van der Waals surface area contributed by atoms with Gasteiger partial charge in [-0.15, -0.1) is 0 Å². The Bertz CT molecular complexity index is 1520. The van der Waals surface area contributed by atoms with Gasteiger partial charge in [-0.05, 0) is 60.8 Å². The van der Waals surface area contributed by atoms with Crippen LogP contribution in [0.4, 0.5) is 11.6 Å². The van der Waals surface area contributed by atoms with Crippen molar-refractivity contribution in [1.29, 1.82) is 0 Å². The number of likely N-dealkylation sites (N-methyl/N-ethyl adjacent to an activating group) is 1. The maximum atomic E-state index is 12.7. The van der Waals surface area contributed by atoms with Crippen LogP contribution in [0.1, 0.15) is 51.2 Å². The molecule has 0 atom stereocenters. The van der Waals surface area contributed by atoms with Crippen LogP contribution in [0.5, 0.6) is 11.5 Å². The molecule has 1 fully saturated rings. The first-order chi connectivity index (χ1) is 19.8. The standard InChI is InChI=1S/C32H41N7O2.2H2/c1-6-23-7-8-24(19-27(23)22(2)3)35-32-36-28-20-25(9-10-30(28)38(32)5)41-26-11-12-33-29(21-26)31(40)34-13-14-39-17-15-37(4)16-18-39;;/h7-12,19-22H,6,13-18H2,1-5H3,(H,34,40)(H,35,36);2*1H. The highest BCUT2D eigenvalue weighted by Crippen LogP contribution is 2.30. The third-order valence-corrected chi connectivity index (χ3v) is 7.77. The molecule has 5 rings (SSSR count). The van der Waals surface area contributed by atoms with Crippen LogP contribution in [0.25, 0.3) is 11.0 Å². The highest BCUT2D eigenvalue weighted by atomic mass is 16.5. The monoisotopic (exact) mass is 559 g/mol. The second-order valence-electron chi connectivity index (χ2n) is 11.1. The van der Waals surface area contributed by atoms with Crippen LogP contribution in [0.15, 0.2) is 54.7 Å². The zero-order valence-corrected chi connectivity index (χ0v) is 24.8. The quantitative estimate of drug-likeness (QED) is 0.259. The summed E-state index contributed by atoms with van der Waals surface area (Å²) in [7, 11) is 4.14. The van der Waals surface area contributed by atoms with Crippen molar-refractivity contribution in [3.8, 4) is 11.5 Å². The van der Waals surface area contributed by atoms with Crippen molar-refractivity contribution >= 4 is 28.6 Å². The molecule has 2 aromatic heterocycles. The van der Waals surface area contributed by atoms with Crippen molar-refractivity contribution in [2.75, 3.05) is 51.6 Å². The van der Waals surface area contributed by atoms with Gasteiger partial charge in [0, 0.05) is 73.2 Å². The molecule has 1 aliphatic heterocycles. The smallest absolute Gasteiger partial charge is 0.270 e. The number of benzene rings is 2. The van der Waals surface area contributed by atoms with Gasteiger partial charge in [-0.25, -0.2) is 4.98 Å². The number of nitrogens with one attached hydrogen (secondary N) is 2. The Morgan fingerprint density at radius 1 is 1.02 bits per heavy atom. The number of aromatic nitrogens is 3. The van der Waals surface area contributed by atoms with Crippen LogP contribution in [0.2, 0.25) is 0 Å². The van der Waals surface area contributed by atoms with E-state index < -0.39 is 0 Å². The number of hydrogen-bond acceptors (Lipinski definition) is 7. The number of hydrogen-bond donors (Lipinski definition) is 2. The number of anilines is 2. The summed E-state index contributed by atoms with van der Waals surface area (Å²) in [4.78, 5) is 26.5. The largest absolute Gasteiger partial charge is 0.457 e. The molecule has 1 amide bonds. The van der Waals surface area contributed by atoms with Crippen LogP contribution in [-0.2, 0) is 13.5 Å². The zero-order chi connectivity index (χ0) is 28.9. The van der Waals surface area contributed by atoms with Crippen LogP contribution in [0.3, 0.4) is 0 Å². The Morgan fingerprint density at radius 3 is 2.56 bits per heavy atom. The molecule has 9 heteroatoms. The third kappa shape index (κ3) is 6.86. The molecule has 0 radical (unpaired) electrons. The van der Waals surface area contributed by atoms with E-state index in [1.165, 1.54) is 11.1 Å². The van der Waals surface area contributed by atoms with E-state index >= 15 is 0 Å². The van der Waals surface area contributed by atoms with Crippen molar-refractivity contribution in [3.63, 3.8) is 0 Å². The maximum Gasteiger partial charge on any atom is 0.270 e. The van der Waals surface area contributed by atoms with Crippen LogP contribution >= 0.6 is 0 Å². The fourth-order valence-electron chi connectivity index (χ4n) is 5.24. The lowest BCUT2D eigenvalue weighted by Gasteiger charge is -2.32. The topological polar surface area (TPSA) is 87.6 Å². The van der Waals surface area contributed by atoms with Gasteiger partial charge in [0.15, 0.2) is 0 Å². The van der Waals surface area contributed by atoms with Crippen molar-refractivity contribution < 1.29 is 12.4 Å². The minimum atomic E-state index is -0.201. The number of pyridine rings is 1. The SMILES string of the molecule is CCc1ccc(Nc2nc3cc(Oc4ccnc(C(=O)NCCN5CCN(C)CC5)c4)ccc3n2C)cc1C(C)C.[HH].[HH]. The van der Waals surface area contributed by atoms with E-state index in [1.54, 1.807) is 18.3 Å². The number of imidazole rings is 1. The fourth-order valence-corrected chi connectivity index (χ4v) is 5.24. The molecule has 1 saturated heterocycles. The average molecular weight is 560 g/mol. The molecular weight excluding hydrogens is 514 g/mol. The molecule has 220 valence electrons. The molecular formula is C32H45N7O2. The van der Waals surface area contributed by atoms with Crippen molar-refractivity contribution in [2.45, 2.75) is 33.1 Å². The Morgan fingerprint density at radius 2 is 1.80 bits per heavy atom. The molecule has 0 unspecified atom stereocenters. The average Bonchev–Trinajstić information content (AvgIpc) is 3.28. The predicted octanol–water partition coefficient (Wildman–Crippen LogP) is 5.66. The van der Waals surface area contributed by atoms with E-state index in [0.717, 1.165) is 61.8 Å². The van der Waals surface area contributed by atoms with E-state index in [4.69, 9.17) is 9.72 Å². The zero-order valence-electron chi connectivity index (χ0n) is 24.8. The summed E-state index contributed by atoms with van der Waals surface area (Å²) in [5.74, 6) is 2.21. The van der Waals surface area contributed by atoms with Gasteiger partial charge in [0.1, 0.15) is 17.2 Å². The van der Waals surface area contributed by atoms with Crippen molar-refractivity contribution in [1.82, 2.24) is 29.7 Å². The van der Waals surface area contributed by atoms with Crippen molar-refractivity contribution in [2.24, 2.45) is 7.05 Å². The first-order valence-corrected chi connectivity index (χ1v) is 14.5. The van der Waals surface area contributed by atoms with Gasteiger partial charge in [0.2, 0.25) is 5.95 Å². The normalized spacial score (nSPS) is 14.5. The number of nitrogens with zero attached hydrogens (tertiary/aromatic N) is 5. The van der Waals surface area contributed by atoms with E-state index in [1.807, 2.05) is 29.8 Å². The lowest BCUT2D eigenvalue weighted by atomic mass is 9.95. The Hall–Kier alpha value is -3.95. The van der Waals surface area contributed by atoms with Crippen molar-refractivity contribution in [3.05, 3.63) is 71.5 Å². The number of aryl methyl sites for hydroxylation is 2. The molecule has 0 aliphatic carbocycles. The van der Waals surface area contributed by atoms with Gasteiger partial charge in [-0.2, -0.15) is 0 Å². The number of piperazine rings is 1. The number of carbonyl (C=O) groups excluding carboxylic acids is 1. The summed E-state index contributed by atoms with van der Waals surface area (Å²) >= 11 is 0. The second kappa shape index (κ2) is 12.7. The third-order valence-electron chi connectivity index (χ3n) is 7.77. The first-order valence-electron chi connectivity index (χ1n) is 14.5. The van der Waals surface area contributed by atoms with E-state index in [9.17, 15) is 4.79 Å². The molecule has 41 heavy (non-hydrogen) atoms. The van der Waals surface area contributed by atoms with Gasteiger partial charge < -0.3 is 24.8 Å². The summed E-state index contributed by atoms with van der Waals surface area (Å²) in [6.07, 6.45) is 2.62. The summed E-state index contributed by atoms with van der Waals surface area (Å²) < 4.78 is 8.16. The summed E-state index contributed by atoms with van der Waals surface area (Å²) in [6.45, 7) is 12.2. The molecule has 2 aromatic carbocycles.